The Hall–Kier alpha value is -5.60. The Morgan fingerprint density at radius 2 is 1.51 bits per heavy atom. The Morgan fingerprint density at radius 1 is 0.805 bits per heavy atom. The molecule has 6 aromatic rings. The van der Waals surface area contributed by atoms with Crippen molar-refractivity contribution < 1.29 is 9.84 Å². The first-order valence-electron chi connectivity index (χ1n) is 13.2. The number of rotatable bonds is 4. The Kier molecular flexibility index (Phi) is 6.81. The van der Waals surface area contributed by atoms with E-state index in [1.54, 1.807) is 42.0 Å². The zero-order valence-electron chi connectivity index (χ0n) is 22.6. The summed E-state index contributed by atoms with van der Waals surface area (Å²) in [6.07, 6.45) is 3.70. The number of phenols is 1. The van der Waals surface area contributed by atoms with Crippen LogP contribution < -0.4 is 10.3 Å². The van der Waals surface area contributed by atoms with Crippen LogP contribution in [0.2, 0.25) is 0 Å². The largest absolute Gasteiger partial charge is 0.508 e. The average Bonchev–Trinajstić information content (AvgIpc) is 3.00. The van der Waals surface area contributed by atoms with Crippen LogP contribution in [0.3, 0.4) is 0 Å². The number of nitrogens with zero attached hydrogens (tertiary/aromatic N) is 2. The molecule has 5 aromatic carbocycles. The number of fused-ring (bicyclic) bond motifs is 2. The third kappa shape index (κ3) is 5.32. The van der Waals surface area contributed by atoms with Crippen LogP contribution in [0.4, 0.5) is 0 Å². The molecule has 0 fully saturated rings. The minimum absolute atomic E-state index is 0.143. The molecule has 0 atom stereocenters. The van der Waals surface area contributed by atoms with Gasteiger partial charge in [0.15, 0.2) is 0 Å². The molecule has 0 amide bonds. The van der Waals surface area contributed by atoms with Crippen molar-refractivity contribution in [3.63, 3.8) is 0 Å². The molecule has 6 rings (SSSR count). The summed E-state index contributed by atoms with van der Waals surface area (Å²) in [6, 6.07) is 32.1. The van der Waals surface area contributed by atoms with Crippen molar-refractivity contribution in [3.05, 3.63) is 142 Å². The molecule has 0 radical (unpaired) electrons. The molecule has 0 aliphatic carbocycles. The Labute approximate surface area is 237 Å². The van der Waals surface area contributed by atoms with Crippen LogP contribution in [0.1, 0.15) is 28.1 Å². The van der Waals surface area contributed by atoms with E-state index in [0.717, 1.165) is 44.5 Å². The van der Waals surface area contributed by atoms with Crippen LogP contribution >= 0.6 is 0 Å². The fourth-order valence-electron chi connectivity index (χ4n) is 4.81. The first-order valence-corrected chi connectivity index (χ1v) is 13.2. The summed E-state index contributed by atoms with van der Waals surface area (Å²) in [7, 11) is 1.66. The van der Waals surface area contributed by atoms with Gasteiger partial charge in [-0.05, 0) is 102 Å². The molecule has 5 heteroatoms. The van der Waals surface area contributed by atoms with Gasteiger partial charge in [0, 0.05) is 11.1 Å². The average molecular weight is 535 g/mol. The van der Waals surface area contributed by atoms with Crippen molar-refractivity contribution in [3.8, 4) is 29.0 Å². The third-order valence-electron chi connectivity index (χ3n) is 6.96. The van der Waals surface area contributed by atoms with Crippen molar-refractivity contribution in [2.75, 3.05) is 7.11 Å². The molecule has 1 heterocycles. The van der Waals surface area contributed by atoms with Crippen molar-refractivity contribution in [2.45, 2.75) is 6.92 Å². The first kappa shape index (κ1) is 25.7. The molecule has 41 heavy (non-hydrogen) atoms. The monoisotopic (exact) mass is 534 g/mol. The maximum Gasteiger partial charge on any atom is 0.266 e. The van der Waals surface area contributed by atoms with Gasteiger partial charge in [-0.1, -0.05) is 54.3 Å². The summed E-state index contributed by atoms with van der Waals surface area (Å²) in [5.74, 6) is 8.07. The number of methoxy groups -OCH3 is 1. The quantitative estimate of drug-likeness (QED) is 0.244. The van der Waals surface area contributed by atoms with Crippen molar-refractivity contribution in [1.82, 2.24) is 9.55 Å². The SMILES string of the molecule is COc1ccc2cc(C#Cc3ccc(-n4c(/C=C/c5ccc(O)cc5)nc5ccccc5c4=O)c(C)c3)ccc2c1. The molecular formula is C36H26N2O3. The van der Waals surface area contributed by atoms with Crippen molar-refractivity contribution in [2.24, 2.45) is 0 Å². The highest BCUT2D eigenvalue weighted by Crippen LogP contribution is 2.23. The van der Waals surface area contributed by atoms with Crippen molar-refractivity contribution >= 4 is 33.8 Å². The van der Waals surface area contributed by atoms with E-state index in [1.807, 2.05) is 85.8 Å². The zero-order valence-corrected chi connectivity index (χ0v) is 22.6. The van der Waals surface area contributed by atoms with Gasteiger partial charge in [-0.2, -0.15) is 0 Å². The van der Waals surface area contributed by atoms with Gasteiger partial charge in [0.1, 0.15) is 17.3 Å². The Balaban J connectivity index is 1.38. The molecule has 0 spiro atoms. The molecule has 5 nitrogen and oxygen atoms in total. The molecule has 0 saturated carbocycles. The number of hydrogen-bond acceptors (Lipinski definition) is 4. The molecule has 0 unspecified atom stereocenters. The predicted octanol–water partition coefficient (Wildman–Crippen LogP) is 7.13. The smallest absolute Gasteiger partial charge is 0.266 e. The minimum Gasteiger partial charge on any atom is -0.508 e. The van der Waals surface area contributed by atoms with Gasteiger partial charge in [0.05, 0.1) is 23.7 Å². The lowest BCUT2D eigenvalue weighted by molar-refractivity contribution is 0.415. The third-order valence-corrected chi connectivity index (χ3v) is 6.96. The van der Waals surface area contributed by atoms with Gasteiger partial charge in [-0.3, -0.25) is 9.36 Å². The predicted molar refractivity (Wildman–Crippen MR) is 166 cm³/mol. The summed E-state index contributed by atoms with van der Waals surface area (Å²) < 4.78 is 6.96. The summed E-state index contributed by atoms with van der Waals surface area (Å²) in [5.41, 5.74) is 4.78. The zero-order chi connectivity index (χ0) is 28.3. The standard InChI is InChI=1S/C36H26N2O3/c1-24-21-26(7-8-27-9-14-29-23-31(41-2)18-15-28(29)22-27)12-19-34(24)38-35(20-13-25-10-16-30(39)17-11-25)37-33-6-4-3-5-32(33)36(38)40/h3-6,9-23,39H,1-2H3/b20-13+. The van der Waals surface area contributed by atoms with Gasteiger partial charge in [0.2, 0.25) is 0 Å². The molecule has 0 aliphatic heterocycles. The van der Waals surface area contributed by atoms with Crippen LogP contribution in [0, 0.1) is 18.8 Å². The highest BCUT2D eigenvalue weighted by molar-refractivity contribution is 5.85. The Morgan fingerprint density at radius 3 is 2.29 bits per heavy atom. The van der Waals surface area contributed by atoms with E-state index in [2.05, 4.69) is 17.9 Å². The molecular weight excluding hydrogens is 508 g/mol. The maximum absolute atomic E-state index is 13.7. The lowest BCUT2D eigenvalue weighted by Gasteiger charge is -2.14. The second-order valence-electron chi connectivity index (χ2n) is 9.73. The van der Waals surface area contributed by atoms with Crippen LogP contribution in [0.25, 0.3) is 39.5 Å². The van der Waals surface area contributed by atoms with E-state index in [9.17, 15) is 9.90 Å². The number of para-hydroxylation sites is 1. The van der Waals surface area contributed by atoms with E-state index in [1.165, 1.54) is 0 Å². The van der Waals surface area contributed by atoms with Gasteiger partial charge >= 0.3 is 0 Å². The number of aromatic nitrogens is 2. The molecule has 0 saturated heterocycles. The molecule has 0 aliphatic rings. The number of ether oxygens (including phenoxy) is 1. The fraction of sp³-hybridized carbons (Fsp3) is 0.0556. The van der Waals surface area contributed by atoms with Crippen molar-refractivity contribution in [1.29, 1.82) is 0 Å². The second kappa shape index (κ2) is 10.9. The molecule has 0 bridgehead atoms. The molecule has 1 N–H and O–H groups in total. The first-order chi connectivity index (χ1) is 20.0. The number of aryl methyl sites for hydroxylation is 1. The van der Waals surface area contributed by atoms with Gasteiger partial charge in [0.25, 0.3) is 5.56 Å². The lowest BCUT2D eigenvalue weighted by atomic mass is 10.1. The number of benzene rings is 5. The van der Waals surface area contributed by atoms with E-state index in [4.69, 9.17) is 9.72 Å². The Bertz CT molecular complexity index is 2080. The molecule has 1 aromatic heterocycles. The number of phenolic OH excluding ortho intramolecular Hbond substituents is 1. The van der Waals surface area contributed by atoms with Gasteiger partial charge in [-0.25, -0.2) is 4.98 Å². The van der Waals surface area contributed by atoms with E-state index < -0.39 is 0 Å². The van der Waals surface area contributed by atoms with E-state index in [0.29, 0.717) is 16.7 Å². The molecule has 198 valence electrons. The summed E-state index contributed by atoms with van der Waals surface area (Å²) >= 11 is 0. The summed E-state index contributed by atoms with van der Waals surface area (Å²) in [4.78, 5) is 18.5. The maximum atomic E-state index is 13.7. The van der Waals surface area contributed by atoms with Crippen LogP contribution in [-0.4, -0.2) is 21.8 Å². The summed E-state index contributed by atoms with van der Waals surface area (Å²) in [5, 5.41) is 12.4. The number of aromatic hydroxyl groups is 1. The lowest BCUT2D eigenvalue weighted by Crippen LogP contribution is -2.23. The summed E-state index contributed by atoms with van der Waals surface area (Å²) in [6.45, 7) is 1.97. The van der Waals surface area contributed by atoms with Gasteiger partial charge in [-0.15, -0.1) is 0 Å². The van der Waals surface area contributed by atoms with E-state index >= 15 is 0 Å². The fourth-order valence-corrected chi connectivity index (χ4v) is 4.81. The van der Waals surface area contributed by atoms with E-state index in [-0.39, 0.29) is 11.3 Å². The topological polar surface area (TPSA) is 64.3 Å². The normalized spacial score (nSPS) is 11.1. The minimum atomic E-state index is -0.143. The van der Waals surface area contributed by atoms with Crippen LogP contribution in [0.15, 0.2) is 108 Å². The highest BCUT2D eigenvalue weighted by atomic mass is 16.5. The second-order valence-corrected chi connectivity index (χ2v) is 9.73. The van der Waals surface area contributed by atoms with Crippen LogP contribution in [0.5, 0.6) is 11.5 Å². The number of hydrogen-bond donors (Lipinski definition) is 1. The highest BCUT2D eigenvalue weighted by Gasteiger charge is 2.13. The van der Waals surface area contributed by atoms with Crippen LogP contribution in [-0.2, 0) is 0 Å². The van der Waals surface area contributed by atoms with Gasteiger partial charge < -0.3 is 9.84 Å².